The zero-order valence-corrected chi connectivity index (χ0v) is 23.6. The maximum Gasteiger partial charge on any atom is 0.247 e. The van der Waals surface area contributed by atoms with E-state index in [0.717, 1.165) is 9.13 Å². The van der Waals surface area contributed by atoms with E-state index in [0.29, 0.717) is 21.4 Å². The molecule has 0 fully saturated rings. The van der Waals surface area contributed by atoms with Gasteiger partial charge in [-0.25, -0.2) is 0 Å². The molecule has 0 bridgehead atoms. The molecule has 0 unspecified atom stereocenters. The maximum atomic E-state index is 13.4. The van der Waals surface area contributed by atoms with Crippen molar-refractivity contribution >= 4 is 57.6 Å². The Morgan fingerprint density at radius 1 is 1.19 bits per heavy atom. The summed E-state index contributed by atoms with van der Waals surface area (Å²) in [6.45, 7) is 3.61. The fourth-order valence-electron chi connectivity index (χ4n) is 3.99. The molecule has 2 aromatic rings. The number of amides is 2. The van der Waals surface area contributed by atoms with Crippen molar-refractivity contribution in [3.05, 3.63) is 73.3 Å². The van der Waals surface area contributed by atoms with Gasteiger partial charge in [0.05, 0.1) is 26.3 Å². The van der Waals surface area contributed by atoms with E-state index in [1.807, 2.05) is 18.2 Å². The van der Waals surface area contributed by atoms with E-state index < -0.39 is 18.2 Å². The number of ether oxygens (including phenoxy) is 1. The van der Waals surface area contributed by atoms with Crippen molar-refractivity contribution in [2.45, 2.75) is 45.1 Å². The highest BCUT2D eigenvalue weighted by Crippen LogP contribution is 2.32. The molecule has 2 aromatic carbocycles. The monoisotopic (exact) mass is 646 g/mol. The lowest BCUT2D eigenvalue weighted by Crippen LogP contribution is -2.55. The second-order valence-corrected chi connectivity index (χ2v) is 10.8. The Morgan fingerprint density at radius 3 is 2.56 bits per heavy atom. The van der Waals surface area contributed by atoms with E-state index in [-0.39, 0.29) is 43.8 Å². The topological polar surface area (TPSA) is 99.1 Å². The molecule has 0 heterocycles. The third-order valence-corrected chi connectivity index (χ3v) is 7.46. The molecule has 194 valence electrons. The van der Waals surface area contributed by atoms with Crippen LogP contribution in [0.15, 0.2) is 54.1 Å². The standard InChI is InChI=1S/C26H29Cl2IN2O5/c1-15(2)26(35)31(14-16-7-8-18(27)19(28)11-16)21-12-17(25(34)30-9-10-32)13-23(24(21)33)36-22-6-4-3-5-20(22)29/h3-8,11,13,15,21,23-24,32-33H,9-10,12,14H2,1-2H3,(H,30,34)/t21-,23+,24+/m1/s1. The minimum absolute atomic E-state index is 0.0867. The van der Waals surface area contributed by atoms with Gasteiger partial charge in [0.1, 0.15) is 18.0 Å². The molecule has 1 aliphatic rings. The average Bonchev–Trinajstić information content (AvgIpc) is 2.85. The first-order valence-corrected chi connectivity index (χ1v) is 13.4. The number of benzene rings is 2. The molecule has 36 heavy (non-hydrogen) atoms. The molecule has 0 aliphatic heterocycles. The van der Waals surface area contributed by atoms with E-state index in [4.69, 9.17) is 33.0 Å². The Labute approximate surface area is 234 Å². The van der Waals surface area contributed by atoms with Gasteiger partial charge in [-0.3, -0.25) is 9.59 Å². The Bertz CT molecular complexity index is 1130. The minimum atomic E-state index is -1.11. The fourth-order valence-corrected chi connectivity index (χ4v) is 4.83. The van der Waals surface area contributed by atoms with Crippen LogP contribution < -0.4 is 10.1 Å². The molecule has 2 amide bonds. The SMILES string of the molecule is CC(C)C(=O)N(Cc1ccc(Cl)c(Cl)c1)[C@@H]1CC(C(=O)NCCO)=C[C@H](Oc2ccccc2I)[C@H]1O. The van der Waals surface area contributed by atoms with Gasteiger partial charge in [0.15, 0.2) is 0 Å². The van der Waals surface area contributed by atoms with Crippen LogP contribution in [0.25, 0.3) is 0 Å². The summed E-state index contributed by atoms with van der Waals surface area (Å²) in [7, 11) is 0. The summed E-state index contributed by atoms with van der Waals surface area (Å²) >= 11 is 14.4. The maximum absolute atomic E-state index is 13.4. The summed E-state index contributed by atoms with van der Waals surface area (Å²) < 4.78 is 6.99. The van der Waals surface area contributed by atoms with Crippen LogP contribution in [0.3, 0.4) is 0 Å². The van der Waals surface area contributed by atoms with Crippen molar-refractivity contribution in [3.8, 4) is 5.75 Å². The Morgan fingerprint density at radius 2 is 1.92 bits per heavy atom. The molecular weight excluding hydrogens is 618 g/mol. The lowest BCUT2D eigenvalue weighted by molar-refractivity contribution is -0.142. The molecule has 0 aromatic heterocycles. The first-order chi connectivity index (χ1) is 17.1. The number of rotatable bonds is 9. The molecule has 7 nitrogen and oxygen atoms in total. The number of carbonyl (C=O) groups excluding carboxylic acids is 2. The van der Waals surface area contributed by atoms with Gasteiger partial charge >= 0.3 is 0 Å². The quantitative estimate of drug-likeness (QED) is 0.355. The molecule has 0 saturated heterocycles. The average molecular weight is 647 g/mol. The van der Waals surface area contributed by atoms with Crippen LogP contribution in [0.1, 0.15) is 25.8 Å². The largest absolute Gasteiger partial charge is 0.482 e. The van der Waals surface area contributed by atoms with Gasteiger partial charge in [-0.2, -0.15) is 0 Å². The minimum Gasteiger partial charge on any atom is -0.482 e. The summed E-state index contributed by atoms with van der Waals surface area (Å²) in [4.78, 5) is 27.8. The summed E-state index contributed by atoms with van der Waals surface area (Å²) in [6.07, 6.45) is -0.287. The van der Waals surface area contributed by atoms with Crippen molar-refractivity contribution < 1.29 is 24.5 Å². The smallest absolute Gasteiger partial charge is 0.247 e. The molecule has 10 heteroatoms. The molecule has 0 radical (unpaired) electrons. The number of aliphatic hydroxyl groups is 2. The molecule has 0 spiro atoms. The van der Waals surface area contributed by atoms with Crippen LogP contribution in [0.5, 0.6) is 5.75 Å². The van der Waals surface area contributed by atoms with Crippen LogP contribution in [-0.2, 0) is 16.1 Å². The Kier molecular flexibility index (Phi) is 10.4. The van der Waals surface area contributed by atoms with Crippen LogP contribution in [0, 0.1) is 9.49 Å². The highest BCUT2D eigenvalue weighted by atomic mass is 127. The van der Waals surface area contributed by atoms with Gasteiger partial charge < -0.3 is 25.2 Å². The van der Waals surface area contributed by atoms with Crippen molar-refractivity contribution in [1.29, 1.82) is 0 Å². The predicted octanol–water partition coefficient (Wildman–Crippen LogP) is 4.20. The van der Waals surface area contributed by atoms with E-state index in [1.165, 1.54) is 0 Å². The normalized spacial score (nSPS) is 19.6. The summed E-state index contributed by atoms with van der Waals surface area (Å²) in [6, 6.07) is 11.7. The van der Waals surface area contributed by atoms with Crippen molar-refractivity contribution in [2.75, 3.05) is 13.2 Å². The second-order valence-electron chi connectivity index (χ2n) is 8.82. The third-order valence-electron chi connectivity index (χ3n) is 5.83. The highest BCUT2D eigenvalue weighted by molar-refractivity contribution is 14.1. The van der Waals surface area contributed by atoms with Gasteiger partial charge in [-0.1, -0.05) is 55.2 Å². The summed E-state index contributed by atoms with van der Waals surface area (Å²) in [5, 5.41) is 24.0. The first kappa shape index (κ1) is 28.7. The number of hydrogen-bond acceptors (Lipinski definition) is 5. The van der Waals surface area contributed by atoms with Crippen LogP contribution >= 0.6 is 45.8 Å². The van der Waals surface area contributed by atoms with E-state index in [2.05, 4.69) is 27.9 Å². The van der Waals surface area contributed by atoms with Gasteiger partial charge in [0, 0.05) is 31.0 Å². The third kappa shape index (κ3) is 7.13. The first-order valence-electron chi connectivity index (χ1n) is 11.6. The van der Waals surface area contributed by atoms with Crippen molar-refractivity contribution in [3.63, 3.8) is 0 Å². The van der Waals surface area contributed by atoms with Crippen molar-refractivity contribution in [2.24, 2.45) is 5.92 Å². The van der Waals surface area contributed by atoms with E-state index in [9.17, 15) is 14.7 Å². The fraction of sp³-hybridized carbons (Fsp3) is 0.385. The van der Waals surface area contributed by atoms with Gasteiger partial charge in [-0.15, -0.1) is 0 Å². The zero-order chi connectivity index (χ0) is 26.4. The van der Waals surface area contributed by atoms with Crippen LogP contribution in [-0.4, -0.2) is 58.3 Å². The number of aliphatic hydroxyl groups excluding tert-OH is 2. The molecule has 1 aliphatic carbocycles. The van der Waals surface area contributed by atoms with Gasteiger partial charge in [0.2, 0.25) is 11.8 Å². The van der Waals surface area contributed by atoms with Gasteiger partial charge in [0.25, 0.3) is 0 Å². The van der Waals surface area contributed by atoms with E-state index in [1.54, 1.807) is 49.1 Å². The molecule has 3 rings (SSSR count). The highest BCUT2D eigenvalue weighted by Gasteiger charge is 2.41. The number of halogens is 3. The van der Waals surface area contributed by atoms with E-state index >= 15 is 0 Å². The van der Waals surface area contributed by atoms with Crippen LogP contribution in [0.2, 0.25) is 10.0 Å². The Balaban J connectivity index is 1.99. The van der Waals surface area contributed by atoms with Gasteiger partial charge in [-0.05, 0) is 58.5 Å². The summed E-state index contributed by atoms with van der Waals surface area (Å²) in [5.74, 6) is -0.369. The number of nitrogens with one attached hydrogen (secondary N) is 1. The number of carbonyl (C=O) groups is 2. The second kappa shape index (κ2) is 13.1. The Hall–Kier alpha value is -1.85. The van der Waals surface area contributed by atoms with Crippen LogP contribution in [0.4, 0.5) is 0 Å². The number of para-hydroxylation sites is 1. The number of hydrogen-bond donors (Lipinski definition) is 3. The lowest BCUT2D eigenvalue weighted by atomic mass is 9.87. The zero-order valence-electron chi connectivity index (χ0n) is 20.0. The summed E-state index contributed by atoms with van der Waals surface area (Å²) in [5.41, 5.74) is 1.10. The molecule has 3 N–H and O–H groups in total. The van der Waals surface area contributed by atoms with Crippen molar-refractivity contribution in [1.82, 2.24) is 10.2 Å². The molecule has 0 saturated carbocycles. The molecular formula is C26H29Cl2IN2O5. The lowest BCUT2D eigenvalue weighted by Gasteiger charge is -2.41. The predicted molar refractivity (Wildman–Crippen MR) is 148 cm³/mol. The number of nitrogens with zero attached hydrogens (tertiary/aromatic N) is 1. The molecule has 3 atom stereocenters.